The Hall–Kier alpha value is -1.87. The Morgan fingerprint density at radius 2 is 1.77 bits per heavy atom. The smallest absolute Gasteiger partial charge is 0.412 e. The van der Waals surface area contributed by atoms with Crippen molar-refractivity contribution in [3.8, 4) is 0 Å². The van der Waals surface area contributed by atoms with Crippen molar-refractivity contribution in [3.63, 3.8) is 0 Å². The topological polar surface area (TPSA) is 56.1 Å². The van der Waals surface area contributed by atoms with E-state index in [1.807, 2.05) is 13.8 Å². The fraction of sp³-hybridized carbons (Fsp3) is 0.810. The van der Waals surface area contributed by atoms with E-state index in [-0.39, 0.29) is 24.2 Å². The summed E-state index contributed by atoms with van der Waals surface area (Å²) in [4.78, 5) is 11.6. The third-order valence-electron chi connectivity index (χ3n) is 5.62. The molecule has 31 heavy (non-hydrogen) atoms. The van der Waals surface area contributed by atoms with Crippen LogP contribution in [0.15, 0.2) is 0 Å². The highest BCUT2D eigenvalue weighted by atomic mass is 19.4. The molecule has 0 unspecified atom stereocenters. The van der Waals surface area contributed by atoms with Crippen LogP contribution in [-0.4, -0.2) is 35.1 Å². The van der Waals surface area contributed by atoms with Crippen molar-refractivity contribution in [1.29, 1.82) is 0 Å². The third kappa shape index (κ3) is 7.64. The molecule has 1 aromatic rings. The second-order valence-electron chi connectivity index (χ2n) is 8.22. The number of methoxy groups -OCH3 is 1. The van der Waals surface area contributed by atoms with Gasteiger partial charge in [0.15, 0.2) is 0 Å². The van der Waals surface area contributed by atoms with Gasteiger partial charge in [-0.2, -0.15) is 18.3 Å². The van der Waals surface area contributed by atoms with Crippen molar-refractivity contribution < 1.29 is 31.5 Å². The lowest BCUT2D eigenvalue weighted by atomic mass is 9.66. The summed E-state index contributed by atoms with van der Waals surface area (Å²) in [6, 6.07) is 0. The molecule has 10 heteroatoms. The highest BCUT2D eigenvalue weighted by Gasteiger charge is 2.48. The molecule has 1 heterocycles. The predicted octanol–water partition coefficient (Wildman–Crippen LogP) is 6.83. The highest BCUT2D eigenvalue weighted by Crippen LogP contribution is 2.51. The van der Waals surface area contributed by atoms with E-state index < -0.39 is 24.6 Å². The molecule has 0 atom stereocenters. The van der Waals surface area contributed by atoms with E-state index in [9.17, 15) is 26.7 Å². The molecule has 0 aromatic carbocycles. The number of nitrogens with one attached hydrogen (secondary N) is 1. The second kappa shape index (κ2) is 10.6. The lowest BCUT2D eigenvalue weighted by Crippen LogP contribution is -2.35. The number of halogens is 5. The summed E-state index contributed by atoms with van der Waals surface area (Å²) in [6.45, 7) is 7.28. The number of amides is 1. The molecule has 1 amide bonds. The first-order chi connectivity index (χ1) is 14.3. The zero-order valence-electron chi connectivity index (χ0n) is 19.1. The quantitative estimate of drug-likeness (QED) is 0.506. The van der Waals surface area contributed by atoms with Crippen molar-refractivity contribution in [3.05, 3.63) is 11.3 Å². The van der Waals surface area contributed by atoms with Gasteiger partial charge in [-0.1, -0.05) is 34.1 Å². The SMILES string of the molecule is CC.CCC(F)(F)F.COC(=O)Nc1c(CC2(C)CCC2)c(C2CC(F)(F)C2)nn1C. The van der Waals surface area contributed by atoms with Crippen LogP contribution in [0.3, 0.4) is 0 Å². The third-order valence-corrected chi connectivity index (χ3v) is 5.62. The molecule has 1 aromatic heterocycles. The number of aromatic nitrogens is 2. The molecule has 0 bridgehead atoms. The zero-order valence-corrected chi connectivity index (χ0v) is 19.1. The molecule has 180 valence electrons. The highest BCUT2D eigenvalue weighted by molar-refractivity contribution is 5.84. The van der Waals surface area contributed by atoms with Crippen molar-refractivity contribution in [2.24, 2.45) is 12.5 Å². The van der Waals surface area contributed by atoms with E-state index in [2.05, 4.69) is 22.1 Å². The Balaban J connectivity index is 0.000000521. The number of rotatable bonds is 4. The molecule has 2 fully saturated rings. The summed E-state index contributed by atoms with van der Waals surface area (Å²) in [5.41, 5.74) is 1.76. The average Bonchev–Trinajstić information content (AvgIpc) is 2.95. The van der Waals surface area contributed by atoms with Crippen LogP contribution in [0.2, 0.25) is 0 Å². The molecule has 0 saturated heterocycles. The molecule has 2 aliphatic rings. The molecule has 2 saturated carbocycles. The predicted molar refractivity (Wildman–Crippen MR) is 110 cm³/mol. The summed E-state index contributed by atoms with van der Waals surface area (Å²) < 4.78 is 65.1. The molecule has 2 aliphatic carbocycles. The van der Waals surface area contributed by atoms with Crippen LogP contribution < -0.4 is 5.32 Å². The fourth-order valence-electron chi connectivity index (χ4n) is 3.63. The van der Waals surface area contributed by atoms with E-state index in [4.69, 9.17) is 0 Å². The number of ether oxygens (including phenoxy) is 1. The number of alkyl halides is 5. The van der Waals surface area contributed by atoms with E-state index in [1.54, 1.807) is 11.7 Å². The Kier molecular flexibility index (Phi) is 9.32. The van der Waals surface area contributed by atoms with E-state index in [1.165, 1.54) is 13.5 Å². The van der Waals surface area contributed by atoms with Gasteiger partial charge >= 0.3 is 12.3 Å². The summed E-state index contributed by atoms with van der Waals surface area (Å²) >= 11 is 0. The number of anilines is 1. The maximum Gasteiger partial charge on any atom is 0.412 e. The molecular weight excluding hydrogens is 421 g/mol. The van der Waals surface area contributed by atoms with Gasteiger partial charge in [-0.05, 0) is 24.7 Å². The Labute approximate surface area is 180 Å². The van der Waals surface area contributed by atoms with Gasteiger partial charge in [0, 0.05) is 37.8 Å². The normalized spacial score (nSPS) is 18.9. The van der Waals surface area contributed by atoms with Gasteiger partial charge in [-0.3, -0.25) is 10.00 Å². The van der Waals surface area contributed by atoms with Crippen LogP contribution >= 0.6 is 0 Å². The number of hydrogen-bond acceptors (Lipinski definition) is 3. The number of carbonyl (C=O) groups excluding carboxylic acids is 1. The molecule has 0 radical (unpaired) electrons. The molecule has 1 N–H and O–H groups in total. The van der Waals surface area contributed by atoms with Gasteiger partial charge in [0.1, 0.15) is 5.82 Å². The second-order valence-corrected chi connectivity index (χ2v) is 8.22. The molecule has 3 rings (SSSR count). The average molecular weight is 456 g/mol. The van der Waals surface area contributed by atoms with Crippen LogP contribution in [0, 0.1) is 5.41 Å². The first-order valence-corrected chi connectivity index (χ1v) is 10.6. The first-order valence-electron chi connectivity index (χ1n) is 10.6. The van der Waals surface area contributed by atoms with Crippen LogP contribution in [-0.2, 0) is 18.2 Å². The summed E-state index contributed by atoms with van der Waals surface area (Å²) in [6.07, 6.45) is -1.42. The molecule has 0 aliphatic heterocycles. The van der Waals surface area contributed by atoms with Gasteiger partial charge < -0.3 is 4.74 Å². The Bertz CT molecular complexity index is 719. The minimum atomic E-state index is -3.96. The molecule has 0 spiro atoms. The lowest BCUT2D eigenvalue weighted by Gasteiger charge is -2.40. The minimum absolute atomic E-state index is 0.161. The van der Waals surface area contributed by atoms with Crippen LogP contribution in [0.1, 0.15) is 83.4 Å². The number of nitrogens with zero attached hydrogens (tertiary/aromatic N) is 2. The largest absolute Gasteiger partial charge is 0.453 e. The van der Waals surface area contributed by atoms with Crippen LogP contribution in [0.25, 0.3) is 0 Å². The van der Waals surface area contributed by atoms with E-state index in [0.29, 0.717) is 11.5 Å². The minimum Gasteiger partial charge on any atom is -0.453 e. The summed E-state index contributed by atoms with van der Waals surface area (Å²) in [7, 11) is 3.02. The number of aryl methyl sites for hydroxylation is 1. The van der Waals surface area contributed by atoms with Crippen LogP contribution in [0.4, 0.5) is 32.6 Å². The van der Waals surface area contributed by atoms with Gasteiger partial charge in [-0.25, -0.2) is 13.6 Å². The van der Waals surface area contributed by atoms with Gasteiger partial charge in [0.25, 0.3) is 0 Å². The summed E-state index contributed by atoms with van der Waals surface area (Å²) in [5.74, 6) is -2.26. The maximum atomic E-state index is 13.3. The fourth-order valence-corrected chi connectivity index (χ4v) is 3.63. The Morgan fingerprint density at radius 3 is 2.13 bits per heavy atom. The number of carbonyl (C=O) groups is 1. The monoisotopic (exact) mass is 455 g/mol. The first kappa shape index (κ1) is 27.2. The van der Waals surface area contributed by atoms with E-state index >= 15 is 0 Å². The van der Waals surface area contributed by atoms with E-state index in [0.717, 1.165) is 31.7 Å². The number of hydrogen-bond donors (Lipinski definition) is 1. The summed E-state index contributed by atoms with van der Waals surface area (Å²) in [5, 5.41) is 7.14. The Morgan fingerprint density at radius 1 is 1.26 bits per heavy atom. The van der Waals surface area contributed by atoms with Crippen molar-refractivity contribution in [1.82, 2.24) is 9.78 Å². The van der Waals surface area contributed by atoms with Gasteiger partial charge in [0.2, 0.25) is 5.92 Å². The molecule has 5 nitrogen and oxygen atoms in total. The van der Waals surface area contributed by atoms with Crippen molar-refractivity contribution in [2.45, 2.75) is 90.7 Å². The van der Waals surface area contributed by atoms with Crippen molar-refractivity contribution in [2.75, 3.05) is 12.4 Å². The lowest BCUT2D eigenvalue weighted by molar-refractivity contribution is -0.130. The zero-order chi connectivity index (χ0) is 24.0. The van der Waals surface area contributed by atoms with Crippen molar-refractivity contribution >= 4 is 11.9 Å². The molecular formula is C21H34F5N3O2. The maximum absolute atomic E-state index is 13.3. The standard InChI is InChI=1S/C16H23F2N3O2.C3H5F3.C2H6/c1-15(5-4-6-15)9-11-12(10-7-16(17,18)8-10)20-21(2)13(11)19-14(22)23-3;1-2-3(4,5)6;1-2/h10H,4-9H2,1-3H3,(H,19,22);2H2,1H3;1-2H3. The van der Waals surface area contributed by atoms with Gasteiger partial charge in [-0.15, -0.1) is 0 Å². The van der Waals surface area contributed by atoms with Crippen LogP contribution in [0.5, 0.6) is 0 Å². The van der Waals surface area contributed by atoms with Gasteiger partial charge in [0.05, 0.1) is 12.8 Å².